The first-order valence-electron chi connectivity index (χ1n) is 8.46. The zero-order valence-corrected chi connectivity index (χ0v) is 14.0. The normalized spacial score (nSPS) is 12.6. The van der Waals surface area contributed by atoms with E-state index in [2.05, 4.69) is 51.2 Å². The number of unbranched alkanes of at least 4 members (excludes halogenated alkanes) is 4. The van der Waals surface area contributed by atoms with Crippen molar-refractivity contribution < 1.29 is 0 Å². The minimum atomic E-state index is 0.641. The Kier molecular flexibility index (Phi) is 8.60. The molecule has 1 rings (SSSR count). The van der Waals surface area contributed by atoms with Gasteiger partial charge in [0.05, 0.1) is 0 Å². The quantitative estimate of drug-likeness (QED) is 0.580. The molecule has 1 unspecified atom stereocenters. The van der Waals surface area contributed by atoms with Gasteiger partial charge in [-0.2, -0.15) is 0 Å². The van der Waals surface area contributed by atoms with Crippen molar-refractivity contribution in [2.24, 2.45) is 0 Å². The van der Waals surface area contributed by atoms with Crippen LogP contribution in [0.5, 0.6) is 0 Å². The maximum atomic E-state index is 3.67. The molecule has 1 atom stereocenters. The van der Waals surface area contributed by atoms with E-state index in [1.807, 2.05) is 0 Å². The van der Waals surface area contributed by atoms with Crippen molar-refractivity contribution in [3.63, 3.8) is 0 Å². The van der Waals surface area contributed by atoms with Crippen molar-refractivity contribution in [1.29, 1.82) is 0 Å². The van der Waals surface area contributed by atoms with Gasteiger partial charge in [-0.05, 0) is 44.4 Å². The fourth-order valence-corrected chi connectivity index (χ4v) is 2.84. The highest BCUT2D eigenvalue weighted by molar-refractivity contribution is 5.31. The molecule has 20 heavy (non-hydrogen) atoms. The summed E-state index contributed by atoms with van der Waals surface area (Å²) in [5.74, 6) is 0. The molecule has 0 radical (unpaired) electrons. The molecule has 0 saturated carbocycles. The number of rotatable bonds is 10. The van der Waals surface area contributed by atoms with Gasteiger partial charge in [0.1, 0.15) is 0 Å². The molecule has 1 aromatic carbocycles. The van der Waals surface area contributed by atoms with Gasteiger partial charge < -0.3 is 5.32 Å². The second-order valence-electron chi connectivity index (χ2n) is 6.09. The third-order valence-electron chi connectivity index (χ3n) is 4.12. The van der Waals surface area contributed by atoms with Crippen LogP contribution in [0.15, 0.2) is 18.2 Å². The molecule has 0 aliphatic heterocycles. The summed E-state index contributed by atoms with van der Waals surface area (Å²) in [6, 6.07) is 7.47. The number of benzene rings is 1. The van der Waals surface area contributed by atoms with Crippen molar-refractivity contribution in [3.8, 4) is 0 Å². The summed E-state index contributed by atoms with van der Waals surface area (Å²) < 4.78 is 0. The lowest BCUT2D eigenvalue weighted by Crippen LogP contribution is -2.31. The zero-order chi connectivity index (χ0) is 14.8. The smallest absolute Gasteiger partial charge is 0.0107 e. The average molecular weight is 275 g/mol. The molecule has 114 valence electrons. The summed E-state index contributed by atoms with van der Waals surface area (Å²) in [7, 11) is 0. The highest BCUT2D eigenvalue weighted by Crippen LogP contribution is 2.16. The molecular formula is C19H33N. The van der Waals surface area contributed by atoms with Gasteiger partial charge in [-0.15, -0.1) is 0 Å². The second kappa shape index (κ2) is 9.99. The van der Waals surface area contributed by atoms with Crippen LogP contribution < -0.4 is 5.32 Å². The first-order valence-corrected chi connectivity index (χ1v) is 8.46. The molecule has 1 N–H and O–H groups in total. The fourth-order valence-electron chi connectivity index (χ4n) is 2.84. The molecule has 1 nitrogen and oxygen atoms in total. The van der Waals surface area contributed by atoms with Crippen molar-refractivity contribution in [2.45, 2.75) is 78.7 Å². The number of nitrogens with one attached hydrogen (secondary N) is 1. The molecule has 0 aliphatic carbocycles. The van der Waals surface area contributed by atoms with Gasteiger partial charge in [0.2, 0.25) is 0 Å². The topological polar surface area (TPSA) is 12.0 Å². The van der Waals surface area contributed by atoms with Crippen LogP contribution in [0.25, 0.3) is 0 Å². The van der Waals surface area contributed by atoms with Gasteiger partial charge in [0, 0.05) is 6.04 Å². The summed E-state index contributed by atoms with van der Waals surface area (Å²) in [6.45, 7) is 9.99. The number of aryl methyl sites for hydroxylation is 2. The molecular weight excluding hydrogens is 242 g/mol. The van der Waals surface area contributed by atoms with Gasteiger partial charge in [0.25, 0.3) is 0 Å². The van der Waals surface area contributed by atoms with Crippen LogP contribution in [0.2, 0.25) is 0 Å². The third-order valence-corrected chi connectivity index (χ3v) is 4.12. The molecule has 1 aromatic rings. The summed E-state index contributed by atoms with van der Waals surface area (Å²) in [5, 5.41) is 3.67. The first kappa shape index (κ1) is 17.2. The first-order chi connectivity index (χ1) is 9.67. The molecule has 0 aromatic heterocycles. The Morgan fingerprint density at radius 1 is 1.00 bits per heavy atom. The minimum Gasteiger partial charge on any atom is -0.314 e. The maximum absolute atomic E-state index is 3.67. The van der Waals surface area contributed by atoms with E-state index in [1.165, 1.54) is 61.6 Å². The Labute approximate surface area is 126 Å². The summed E-state index contributed by atoms with van der Waals surface area (Å²) >= 11 is 0. The predicted molar refractivity (Wildman–Crippen MR) is 90.5 cm³/mol. The van der Waals surface area contributed by atoms with Crippen molar-refractivity contribution in [3.05, 3.63) is 34.9 Å². The van der Waals surface area contributed by atoms with Crippen LogP contribution in [-0.2, 0) is 6.42 Å². The van der Waals surface area contributed by atoms with Crippen molar-refractivity contribution in [1.82, 2.24) is 5.32 Å². The van der Waals surface area contributed by atoms with Crippen LogP contribution in [0.4, 0.5) is 0 Å². The standard InChI is InChI=1S/C19H33N/c1-5-7-8-9-10-11-19(20-6-2)15-18-14-16(3)12-13-17(18)4/h12-14,19-20H,5-11,15H2,1-4H3. The van der Waals surface area contributed by atoms with E-state index in [4.69, 9.17) is 0 Å². The molecule has 0 aliphatic rings. The molecule has 0 heterocycles. The van der Waals surface area contributed by atoms with Gasteiger partial charge in [-0.3, -0.25) is 0 Å². The SMILES string of the molecule is CCCCCCCC(Cc1cc(C)ccc1C)NCC. The highest BCUT2D eigenvalue weighted by Gasteiger charge is 2.10. The van der Waals surface area contributed by atoms with E-state index < -0.39 is 0 Å². The Hall–Kier alpha value is -0.820. The monoisotopic (exact) mass is 275 g/mol. The molecule has 0 bridgehead atoms. The van der Waals surface area contributed by atoms with E-state index >= 15 is 0 Å². The van der Waals surface area contributed by atoms with E-state index in [-0.39, 0.29) is 0 Å². The third kappa shape index (κ3) is 6.56. The lowest BCUT2D eigenvalue weighted by molar-refractivity contribution is 0.460. The fraction of sp³-hybridized carbons (Fsp3) is 0.684. The number of hydrogen-bond acceptors (Lipinski definition) is 1. The summed E-state index contributed by atoms with van der Waals surface area (Å²) in [4.78, 5) is 0. The molecule has 0 saturated heterocycles. The van der Waals surface area contributed by atoms with Gasteiger partial charge >= 0.3 is 0 Å². The van der Waals surface area contributed by atoms with Crippen LogP contribution in [0, 0.1) is 13.8 Å². The Morgan fingerprint density at radius 3 is 2.45 bits per heavy atom. The summed E-state index contributed by atoms with van der Waals surface area (Å²) in [6.07, 6.45) is 9.37. The Balaban J connectivity index is 2.47. The number of likely N-dealkylation sites (N-methyl/N-ethyl adjacent to an activating group) is 1. The maximum Gasteiger partial charge on any atom is 0.0107 e. The molecule has 1 heteroatoms. The Morgan fingerprint density at radius 2 is 1.75 bits per heavy atom. The second-order valence-corrected chi connectivity index (χ2v) is 6.09. The minimum absolute atomic E-state index is 0.641. The average Bonchev–Trinajstić information content (AvgIpc) is 2.42. The summed E-state index contributed by atoms with van der Waals surface area (Å²) in [5.41, 5.74) is 4.33. The Bertz CT molecular complexity index is 370. The molecule has 0 amide bonds. The highest BCUT2D eigenvalue weighted by atomic mass is 14.9. The van der Waals surface area contributed by atoms with Crippen molar-refractivity contribution >= 4 is 0 Å². The lowest BCUT2D eigenvalue weighted by atomic mass is 9.95. The van der Waals surface area contributed by atoms with Crippen LogP contribution >= 0.6 is 0 Å². The zero-order valence-electron chi connectivity index (χ0n) is 14.0. The van der Waals surface area contributed by atoms with E-state index in [9.17, 15) is 0 Å². The lowest BCUT2D eigenvalue weighted by Gasteiger charge is -2.19. The van der Waals surface area contributed by atoms with E-state index in [0.717, 1.165) is 6.54 Å². The predicted octanol–water partition coefficient (Wildman–Crippen LogP) is 5.18. The van der Waals surface area contributed by atoms with Crippen LogP contribution in [0.3, 0.4) is 0 Å². The molecule has 0 spiro atoms. The van der Waals surface area contributed by atoms with E-state index in [1.54, 1.807) is 0 Å². The van der Waals surface area contributed by atoms with Gasteiger partial charge in [-0.25, -0.2) is 0 Å². The van der Waals surface area contributed by atoms with Crippen LogP contribution in [-0.4, -0.2) is 12.6 Å². The van der Waals surface area contributed by atoms with Gasteiger partial charge in [-0.1, -0.05) is 69.7 Å². The molecule has 0 fully saturated rings. The van der Waals surface area contributed by atoms with E-state index in [0.29, 0.717) is 6.04 Å². The number of hydrogen-bond donors (Lipinski definition) is 1. The van der Waals surface area contributed by atoms with Crippen molar-refractivity contribution in [2.75, 3.05) is 6.54 Å². The largest absolute Gasteiger partial charge is 0.314 e. The van der Waals surface area contributed by atoms with Gasteiger partial charge in [0.15, 0.2) is 0 Å². The van der Waals surface area contributed by atoms with Crippen LogP contribution in [0.1, 0.15) is 69.1 Å².